The smallest absolute Gasteiger partial charge is 0.135 e. The monoisotopic (exact) mass is 707 g/mol. The molecule has 3 heteroatoms. The van der Waals surface area contributed by atoms with E-state index in [9.17, 15) is 0 Å². The summed E-state index contributed by atoms with van der Waals surface area (Å²) in [7, 11) is 0. The Bertz CT molecular complexity index is 2890. The van der Waals surface area contributed by atoms with Crippen LogP contribution >= 0.6 is 0 Å². The van der Waals surface area contributed by atoms with Gasteiger partial charge in [0.05, 0.1) is 5.41 Å². The molecule has 1 aliphatic heterocycles. The van der Waals surface area contributed by atoms with Crippen molar-refractivity contribution in [1.29, 1.82) is 0 Å². The van der Waals surface area contributed by atoms with Gasteiger partial charge in [0, 0.05) is 44.4 Å². The molecule has 0 bridgehead atoms. The normalized spacial score (nSPS) is 14.4. The molecule has 55 heavy (non-hydrogen) atoms. The number of hydrogen-bond donors (Lipinski definition) is 0. The summed E-state index contributed by atoms with van der Waals surface area (Å²) in [6.45, 7) is 4.58. The van der Waals surface area contributed by atoms with Gasteiger partial charge in [-0.2, -0.15) is 0 Å². The van der Waals surface area contributed by atoms with E-state index in [1.54, 1.807) is 0 Å². The summed E-state index contributed by atoms with van der Waals surface area (Å²) in [6, 6.07) is 67.9. The van der Waals surface area contributed by atoms with Crippen LogP contribution in [0.25, 0.3) is 33.1 Å². The maximum Gasteiger partial charge on any atom is 0.135 e. The van der Waals surface area contributed by atoms with Crippen LogP contribution in [0.4, 0.5) is 17.1 Å². The molecule has 1 aromatic heterocycles. The summed E-state index contributed by atoms with van der Waals surface area (Å²) >= 11 is 0. The molecular formula is C52H37NO2. The molecule has 0 unspecified atom stereocenters. The van der Waals surface area contributed by atoms with Crippen molar-refractivity contribution < 1.29 is 9.15 Å². The average molecular weight is 708 g/mol. The summed E-state index contributed by atoms with van der Waals surface area (Å²) in [5, 5.41) is 2.20. The maximum absolute atomic E-state index is 6.51. The van der Waals surface area contributed by atoms with Crippen molar-refractivity contribution in [3.05, 3.63) is 221 Å². The number of rotatable bonds is 5. The number of ether oxygens (including phenoxy) is 1. The Hall–Kier alpha value is -6.84. The molecule has 0 saturated heterocycles. The fourth-order valence-electron chi connectivity index (χ4n) is 9.44. The highest BCUT2D eigenvalue weighted by Crippen LogP contribution is 2.56. The Morgan fingerprint density at radius 1 is 0.400 bits per heavy atom. The van der Waals surface area contributed by atoms with Crippen LogP contribution in [-0.2, 0) is 10.8 Å². The molecule has 2 aliphatic rings. The Kier molecular flexibility index (Phi) is 6.81. The van der Waals surface area contributed by atoms with Crippen molar-refractivity contribution in [2.45, 2.75) is 24.7 Å². The Labute approximate surface area is 320 Å². The molecule has 0 saturated carbocycles. The second-order valence-electron chi connectivity index (χ2n) is 15.3. The molecule has 0 radical (unpaired) electrons. The van der Waals surface area contributed by atoms with Gasteiger partial charge in [0.15, 0.2) is 0 Å². The van der Waals surface area contributed by atoms with Gasteiger partial charge in [-0.1, -0.05) is 141 Å². The topological polar surface area (TPSA) is 25.6 Å². The zero-order valence-electron chi connectivity index (χ0n) is 30.7. The number of anilines is 3. The number of benzene rings is 8. The molecule has 0 spiro atoms. The second kappa shape index (κ2) is 11.8. The van der Waals surface area contributed by atoms with E-state index in [4.69, 9.17) is 9.15 Å². The highest BCUT2D eigenvalue weighted by molar-refractivity contribution is 6.06. The lowest BCUT2D eigenvalue weighted by molar-refractivity contribution is 0.418. The van der Waals surface area contributed by atoms with Crippen molar-refractivity contribution >= 4 is 39.0 Å². The Morgan fingerprint density at radius 2 is 0.945 bits per heavy atom. The van der Waals surface area contributed by atoms with E-state index >= 15 is 0 Å². The number of hydrogen-bond acceptors (Lipinski definition) is 3. The molecule has 9 aromatic rings. The summed E-state index contributed by atoms with van der Waals surface area (Å²) < 4.78 is 12.8. The third kappa shape index (κ3) is 4.56. The third-order valence-corrected chi connectivity index (χ3v) is 12.0. The molecule has 0 amide bonds. The predicted octanol–water partition coefficient (Wildman–Crippen LogP) is 13.9. The maximum atomic E-state index is 6.51. The summed E-state index contributed by atoms with van der Waals surface area (Å²) in [4.78, 5) is 2.37. The first-order valence-corrected chi connectivity index (χ1v) is 19.0. The molecule has 8 aromatic carbocycles. The quantitative estimate of drug-likeness (QED) is 0.178. The second-order valence-corrected chi connectivity index (χ2v) is 15.3. The molecule has 3 nitrogen and oxygen atoms in total. The van der Waals surface area contributed by atoms with Gasteiger partial charge in [-0.3, -0.25) is 0 Å². The average Bonchev–Trinajstić information content (AvgIpc) is 3.76. The van der Waals surface area contributed by atoms with Crippen LogP contribution in [0, 0.1) is 0 Å². The lowest BCUT2D eigenvalue weighted by Gasteiger charge is -2.36. The van der Waals surface area contributed by atoms with E-state index < -0.39 is 5.41 Å². The number of nitrogens with zero attached hydrogens (tertiary/aromatic N) is 1. The number of fused-ring (bicyclic) bond motifs is 8. The molecule has 2 heterocycles. The van der Waals surface area contributed by atoms with Gasteiger partial charge in [0.2, 0.25) is 0 Å². The lowest BCUT2D eigenvalue weighted by Crippen LogP contribution is -2.28. The first-order valence-electron chi connectivity index (χ1n) is 19.0. The minimum Gasteiger partial charge on any atom is -0.457 e. The van der Waals surface area contributed by atoms with E-state index in [-0.39, 0.29) is 5.41 Å². The summed E-state index contributed by atoms with van der Waals surface area (Å²) in [6.07, 6.45) is 0. The van der Waals surface area contributed by atoms with Gasteiger partial charge in [0.1, 0.15) is 22.7 Å². The van der Waals surface area contributed by atoms with Crippen LogP contribution < -0.4 is 9.64 Å². The fourth-order valence-corrected chi connectivity index (χ4v) is 9.44. The Morgan fingerprint density at radius 3 is 1.71 bits per heavy atom. The lowest BCUT2D eigenvalue weighted by atomic mass is 9.68. The molecule has 262 valence electrons. The molecule has 0 atom stereocenters. The SMILES string of the molecule is CC1(C)c2ccccc2Oc2ccc(N(c3ccc(C4(c5ccccc5)c5ccccc5-c5ccccc54)cc3)c3ccc4oc5ccccc5c4c3)cc21. The van der Waals surface area contributed by atoms with Crippen molar-refractivity contribution in [3.8, 4) is 22.6 Å². The van der Waals surface area contributed by atoms with E-state index in [0.29, 0.717) is 0 Å². The molecule has 0 fully saturated rings. The Balaban J connectivity index is 1.12. The highest BCUT2D eigenvalue weighted by atomic mass is 16.5. The van der Waals surface area contributed by atoms with E-state index in [2.05, 4.69) is 189 Å². The molecule has 1 aliphatic carbocycles. The van der Waals surface area contributed by atoms with E-state index in [1.807, 2.05) is 18.2 Å². The fraction of sp³-hybridized carbons (Fsp3) is 0.0769. The van der Waals surface area contributed by atoms with Crippen LogP contribution in [-0.4, -0.2) is 0 Å². The molecule has 0 N–H and O–H groups in total. The van der Waals surface area contributed by atoms with Crippen LogP contribution in [0.1, 0.15) is 47.2 Å². The van der Waals surface area contributed by atoms with Crippen molar-refractivity contribution in [1.82, 2.24) is 0 Å². The predicted molar refractivity (Wildman–Crippen MR) is 224 cm³/mol. The largest absolute Gasteiger partial charge is 0.457 e. The zero-order chi connectivity index (χ0) is 36.7. The minimum absolute atomic E-state index is 0.258. The van der Waals surface area contributed by atoms with Crippen molar-refractivity contribution in [2.75, 3.05) is 4.90 Å². The van der Waals surface area contributed by atoms with Crippen LogP contribution in [0.15, 0.2) is 192 Å². The van der Waals surface area contributed by atoms with Crippen molar-refractivity contribution in [3.63, 3.8) is 0 Å². The number of furan rings is 1. The van der Waals surface area contributed by atoms with Crippen LogP contribution in [0.5, 0.6) is 11.5 Å². The molecular weight excluding hydrogens is 671 g/mol. The van der Waals surface area contributed by atoms with Gasteiger partial charge >= 0.3 is 0 Å². The van der Waals surface area contributed by atoms with Crippen LogP contribution in [0.3, 0.4) is 0 Å². The van der Waals surface area contributed by atoms with Gasteiger partial charge in [-0.15, -0.1) is 0 Å². The van der Waals surface area contributed by atoms with Gasteiger partial charge < -0.3 is 14.1 Å². The van der Waals surface area contributed by atoms with Gasteiger partial charge in [-0.05, 0) is 94.0 Å². The van der Waals surface area contributed by atoms with Gasteiger partial charge in [-0.25, -0.2) is 0 Å². The van der Waals surface area contributed by atoms with E-state index in [0.717, 1.165) is 56.1 Å². The highest BCUT2D eigenvalue weighted by Gasteiger charge is 2.46. The number of para-hydroxylation sites is 2. The zero-order valence-corrected chi connectivity index (χ0v) is 30.7. The third-order valence-electron chi connectivity index (χ3n) is 12.0. The standard InChI is InChI=1S/C52H37NO2/c1-51(2)45-21-11-13-23-49(45)55-50-31-29-38(33-46(50)51)53(37-28-30-48-42(32-37)41-18-8-12-22-47(41)54-48)36-26-24-35(25-27-36)52(34-14-4-3-5-15-34)43-19-9-6-16-39(43)40-17-7-10-20-44(40)52/h3-33H,1-2H3. The van der Waals surface area contributed by atoms with Gasteiger partial charge in [0.25, 0.3) is 0 Å². The first-order chi connectivity index (χ1) is 27.0. The van der Waals surface area contributed by atoms with Crippen LogP contribution in [0.2, 0.25) is 0 Å². The summed E-state index contributed by atoms with van der Waals surface area (Å²) in [5.74, 6) is 1.81. The van der Waals surface area contributed by atoms with E-state index in [1.165, 1.54) is 38.9 Å². The molecule has 11 rings (SSSR count). The minimum atomic E-state index is -0.465. The van der Waals surface area contributed by atoms with Crippen molar-refractivity contribution in [2.24, 2.45) is 0 Å². The summed E-state index contributed by atoms with van der Waals surface area (Å²) in [5.41, 5.74) is 14.2. The first kappa shape index (κ1) is 31.7.